The number of fused-ring (bicyclic) bond motifs is 1. The molecule has 3 rings (SSSR count). The van der Waals surface area contributed by atoms with E-state index >= 15 is 0 Å². The first-order valence-electron chi connectivity index (χ1n) is 8.07. The molecule has 0 fully saturated rings. The van der Waals surface area contributed by atoms with Crippen LogP contribution in [-0.2, 0) is 0 Å². The molecule has 0 saturated carbocycles. The molecule has 0 saturated heterocycles. The lowest BCUT2D eigenvalue weighted by Gasteiger charge is -2.18. The number of pyridine rings is 1. The number of benzene rings is 1. The third-order valence-corrected chi connectivity index (χ3v) is 5.32. The van der Waals surface area contributed by atoms with Gasteiger partial charge in [-0.1, -0.05) is 6.07 Å². The van der Waals surface area contributed by atoms with E-state index in [-0.39, 0.29) is 11.9 Å². The predicted molar refractivity (Wildman–Crippen MR) is 107 cm³/mol. The van der Waals surface area contributed by atoms with Crippen molar-refractivity contribution >= 4 is 39.2 Å². The van der Waals surface area contributed by atoms with Gasteiger partial charge in [-0.05, 0) is 64.7 Å². The van der Waals surface area contributed by atoms with Crippen LogP contribution in [0.15, 0.2) is 47.1 Å². The number of rotatable bonds is 7. The summed E-state index contributed by atoms with van der Waals surface area (Å²) < 4.78 is 7.85. The highest BCUT2D eigenvalue weighted by Gasteiger charge is 2.22. The SMILES string of the molecule is COc1ccc(Br)c(C(=O)NC(CCSC)c2nnc3ccccn23)c1. The van der Waals surface area contributed by atoms with Crippen LogP contribution in [0.3, 0.4) is 0 Å². The molecular formula is C18H19BrN4O2S. The Morgan fingerprint density at radius 2 is 2.19 bits per heavy atom. The summed E-state index contributed by atoms with van der Waals surface area (Å²) in [5.41, 5.74) is 1.28. The molecule has 26 heavy (non-hydrogen) atoms. The van der Waals surface area contributed by atoms with Crippen LogP contribution in [0.5, 0.6) is 5.75 Å². The minimum Gasteiger partial charge on any atom is -0.497 e. The van der Waals surface area contributed by atoms with Gasteiger partial charge in [-0.3, -0.25) is 9.20 Å². The van der Waals surface area contributed by atoms with E-state index in [1.807, 2.05) is 35.1 Å². The van der Waals surface area contributed by atoms with Crippen molar-refractivity contribution in [1.82, 2.24) is 19.9 Å². The maximum absolute atomic E-state index is 12.9. The Bertz CT molecular complexity index is 915. The second-order valence-electron chi connectivity index (χ2n) is 5.64. The molecule has 0 aliphatic rings. The van der Waals surface area contributed by atoms with E-state index in [0.717, 1.165) is 23.6 Å². The lowest BCUT2D eigenvalue weighted by molar-refractivity contribution is 0.0932. The molecule has 1 amide bonds. The van der Waals surface area contributed by atoms with Gasteiger partial charge in [0.25, 0.3) is 5.91 Å². The Morgan fingerprint density at radius 1 is 1.35 bits per heavy atom. The molecule has 0 radical (unpaired) electrons. The first-order chi connectivity index (χ1) is 12.6. The van der Waals surface area contributed by atoms with Crippen LogP contribution in [0.1, 0.15) is 28.6 Å². The number of halogens is 1. The van der Waals surface area contributed by atoms with E-state index in [2.05, 4.69) is 31.4 Å². The molecule has 1 atom stereocenters. The highest BCUT2D eigenvalue weighted by molar-refractivity contribution is 9.10. The lowest BCUT2D eigenvalue weighted by atomic mass is 10.1. The van der Waals surface area contributed by atoms with Crippen LogP contribution >= 0.6 is 27.7 Å². The van der Waals surface area contributed by atoms with Gasteiger partial charge in [-0.15, -0.1) is 10.2 Å². The van der Waals surface area contributed by atoms with Gasteiger partial charge in [-0.25, -0.2) is 0 Å². The largest absolute Gasteiger partial charge is 0.497 e. The zero-order valence-electron chi connectivity index (χ0n) is 14.5. The average molecular weight is 435 g/mol. The van der Waals surface area contributed by atoms with Crippen molar-refractivity contribution in [2.75, 3.05) is 19.1 Å². The highest BCUT2D eigenvalue weighted by atomic mass is 79.9. The van der Waals surface area contributed by atoms with E-state index in [1.54, 1.807) is 37.1 Å². The monoisotopic (exact) mass is 434 g/mol. The molecule has 0 bridgehead atoms. The molecule has 136 valence electrons. The van der Waals surface area contributed by atoms with E-state index in [0.29, 0.717) is 15.8 Å². The minimum absolute atomic E-state index is 0.186. The number of thioether (sulfide) groups is 1. The van der Waals surface area contributed by atoms with Crippen LogP contribution in [0.25, 0.3) is 5.65 Å². The van der Waals surface area contributed by atoms with Crippen molar-refractivity contribution in [3.05, 3.63) is 58.5 Å². The van der Waals surface area contributed by atoms with E-state index in [4.69, 9.17) is 4.74 Å². The summed E-state index contributed by atoms with van der Waals surface area (Å²) >= 11 is 5.16. The second-order valence-corrected chi connectivity index (χ2v) is 7.48. The molecule has 6 nitrogen and oxygen atoms in total. The number of nitrogens with zero attached hydrogens (tertiary/aromatic N) is 3. The molecule has 2 heterocycles. The summed E-state index contributed by atoms with van der Waals surface area (Å²) in [6.07, 6.45) is 4.70. The first kappa shape index (κ1) is 18.7. The summed E-state index contributed by atoms with van der Waals surface area (Å²) in [5.74, 6) is 2.06. The van der Waals surface area contributed by atoms with Gasteiger partial charge < -0.3 is 10.1 Å². The van der Waals surface area contributed by atoms with Gasteiger partial charge in [0.05, 0.1) is 18.7 Å². The molecule has 1 aromatic carbocycles. The van der Waals surface area contributed by atoms with Gasteiger partial charge >= 0.3 is 0 Å². The van der Waals surface area contributed by atoms with E-state index in [9.17, 15) is 4.79 Å². The van der Waals surface area contributed by atoms with Crippen molar-refractivity contribution in [1.29, 1.82) is 0 Å². The smallest absolute Gasteiger partial charge is 0.253 e. The molecule has 3 aromatic rings. The van der Waals surface area contributed by atoms with E-state index in [1.165, 1.54) is 0 Å². The molecule has 1 unspecified atom stereocenters. The number of aromatic nitrogens is 3. The summed E-state index contributed by atoms with van der Waals surface area (Å²) in [5, 5.41) is 11.6. The second kappa shape index (κ2) is 8.55. The van der Waals surface area contributed by atoms with E-state index < -0.39 is 0 Å². The Labute approximate surface area is 164 Å². The van der Waals surface area contributed by atoms with Crippen molar-refractivity contribution in [3.8, 4) is 5.75 Å². The molecule has 1 N–H and O–H groups in total. The third kappa shape index (κ3) is 4.02. The van der Waals surface area contributed by atoms with Crippen LogP contribution in [0, 0.1) is 0 Å². The van der Waals surface area contributed by atoms with Gasteiger partial charge in [0, 0.05) is 10.7 Å². The average Bonchev–Trinajstić information content (AvgIpc) is 3.09. The number of carbonyl (C=O) groups excluding carboxylic acids is 1. The Hall–Kier alpha value is -2.06. The molecule has 0 spiro atoms. The number of ether oxygens (including phenoxy) is 1. The number of hydrogen-bond acceptors (Lipinski definition) is 5. The fourth-order valence-corrected chi connectivity index (χ4v) is 3.54. The summed E-state index contributed by atoms with van der Waals surface area (Å²) in [4.78, 5) is 12.9. The Morgan fingerprint density at radius 3 is 2.96 bits per heavy atom. The zero-order chi connectivity index (χ0) is 18.5. The third-order valence-electron chi connectivity index (χ3n) is 3.99. The lowest BCUT2D eigenvalue weighted by Crippen LogP contribution is -2.30. The maximum Gasteiger partial charge on any atom is 0.253 e. The van der Waals surface area contributed by atoms with Crippen LogP contribution < -0.4 is 10.1 Å². The number of carbonyl (C=O) groups is 1. The van der Waals surface area contributed by atoms with Gasteiger partial charge in [-0.2, -0.15) is 11.8 Å². The van der Waals surface area contributed by atoms with Crippen LogP contribution in [0.2, 0.25) is 0 Å². The molecule has 0 aliphatic heterocycles. The number of amides is 1. The van der Waals surface area contributed by atoms with Crippen LogP contribution in [-0.4, -0.2) is 39.6 Å². The van der Waals surface area contributed by atoms with Crippen molar-refractivity contribution in [2.24, 2.45) is 0 Å². The molecular weight excluding hydrogens is 416 g/mol. The minimum atomic E-state index is -0.245. The zero-order valence-corrected chi connectivity index (χ0v) is 16.9. The number of methoxy groups -OCH3 is 1. The maximum atomic E-state index is 12.9. The summed E-state index contributed by atoms with van der Waals surface area (Å²) in [6, 6.07) is 10.8. The Kier molecular flexibility index (Phi) is 6.16. The van der Waals surface area contributed by atoms with Crippen molar-refractivity contribution < 1.29 is 9.53 Å². The normalized spacial score (nSPS) is 12.1. The quantitative estimate of drug-likeness (QED) is 0.613. The standard InChI is InChI=1S/C18H19BrN4O2S/c1-25-12-6-7-14(19)13(11-12)18(24)20-15(8-10-26-2)17-22-21-16-5-3-4-9-23(16)17/h3-7,9,11,15H,8,10H2,1-2H3,(H,20,24). The fourth-order valence-electron chi connectivity index (χ4n) is 2.64. The van der Waals surface area contributed by atoms with Gasteiger partial charge in [0.2, 0.25) is 0 Å². The summed E-state index contributed by atoms with van der Waals surface area (Å²) in [7, 11) is 1.58. The van der Waals surface area contributed by atoms with Gasteiger partial charge in [0.15, 0.2) is 11.5 Å². The highest BCUT2D eigenvalue weighted by Crippen LogP contribution is 2.24. The molecule has 0 aliphatic carbocycles. The fraction of sp³-hybridized carbons (Fsp3) is 0.278. The molecule has 8 heteroatoms. The number of nitrogens with one attached hydrogen (secondary N) is 1. The predicted octanol–water partition coefficient (Wildman–Crippen LogP) is 3.72. The van der Waals surface area contributed by atoms with Crippen molar-refractivity contribution in [2.45, 2.75) is 12.5 Å². The van der Waals surface area contributed by atoms with Crippen LogP contribution in [0.4, 0.5) is 0 Å². The number of hydrogen-bond donors (Lipinski definition) is 1. The van der Waals surface area contributed by atoms with Gasteiger partial charge in [0.1, 0.15) is 5.75 Å². The topological polar surface area (TPSA) is 68.5 Å². The Balaban J connectivity index is 1.90. The first-order valence-corrected chi connectivity index (χ1v) is 10.3. The molecule has 2 aromatic heterocycles. The summed E-state index contributed by atoms with van der Waals surface area (Å²) in [6.45, 7) is 0. The van der Waals surface area contributed by atoms with Crippen molar-refractivity contribution in [3.63, 3.8) is 0 Å².